The van der Waals surface area contributed by atoms with Gasteiger partial charge < -0.3 is 16.2 Å². The zero-order chi connectivity index (χ0) is 12.2. The molecule has 0 atom stereocenters. The molecule has 0 saturated heterocycles. The zero-order valence-electron chi connectivity index (χ0n) is 8.55. The summed E-state index contributed by atoms with van der Waals surface area (Å²) in [6, 6.07) is 3.01. The van der Waals surface area contributed by atoms with E-state index in [1.165, 1.54) is 6.07 Å². The van der Waals surface area contributed by atoms with Crippen LogP contribution >= 0.6 is 0 Å². The highest BCUT2D eigenvalue weighted by Crippen LogP contribution is 2.33. The summed E-state index contributed by atoms with van der Waals surface area (Å²) in [6.07, 6.45) is -3.76. The third kappa shape index (κ3) is 3.30. The van der Waals surface area contributed by atoms with Crippen molar-refractivity contribution in [3.05, 3.63) is 23.8 Å². The van der Waals surface area contributed by atoms with Crippen LogP contribution in [0.25, 0.3) is 0 Å². The number of halogens is 3. The molecule has 0 aromatic heterocycles. The minimum Gasteiger partial charge on any atom is -0.491 e. The fourth-order valence-electron chi connectivity index (χ4n) is 1.12. The highest BCUT2D eigenvalue weighted by Gasteiger charge is 2.30. The van der Waals surface area contributed by atoms with E-state index in [0.29, 0.717) is 19.6 Å². The summed E-state index contributed by atoms with van der Waals surface area (Å²) in [6.45, 7) is 0.798. The van der Waals surface area contributed by atoms with Crippen molar-refractivity contribution in [2.24, 2.45) is 5.73 Å². The Morgan fingerprint density at radius 3 is 2.44 bits per heavy atom. The number of ether oxygens (including phenoxy) is 1. The van der Waals surface area contributed by atoms with E-state index in [9.17, 15) is 13.2 Å². The maximum absolute atomic E-state index is 12.3. The number of nitrogen functional groups attached to an aromatic ring is 1. The van der Waals surface area contributed by atoms with Crippen LogP contribution in [0.3, 0.4) is 0 Å². The van der Waals surface area contributed by atoms with Gasteiger partial charge in [-0.2, -0.15) is 13.2 Å². The average Bonchev–Trinajstić information content (AvgIpc) is 2.19. The van der Waals surface area contributed by atoms with Gasteiger partial charge in [0.15, 0.2) is 0 Å². The molecular formula is C10H13F3N2O. The normalized spacial score (nSPS) is 11.5. The van der Waals surface area contributed by atoms with E-state index in [2.05, 4.69) is 0 Å². The molecule has 0 unspecified atom stereocenters. The highest BCUT2D eigenvalue weighted by atomic mass is 19.4. The summed E-state index contributed by atoms with van der Waals surface area (Å²) in [7, 11) is 0. The lowest BCUT2D eigenvalue weighted by molar-refractivity contribution is -0.137. The van der Waals surface area contributed by atoms with Crippen LogP contribution in [0.5, 0.6) is 5.75 Å². The average molecular weight is 234 g/mol. The number of rotatable bonds is 4. The van der Waals surface area contributed by atoms with Gasteiger partial charge in [-0.3, -0.25) is 0 Å². The minimum absolute atomic E-state index is 0.0214. The lowest BCUT2D eigenvalue weighted by Crippen LogP contribution is -2.09. The predicted octanol–water partition coefficient (Wildman–Crippen LogP) is 2.02. The van der Waals surface area contributed by atoms with Crippen molar-refractivity contribution >= 4 is 5.69 Å². The first-order valence-electron chi connectivity index (χ1n) is 4.74. The molecule has 1 aromatic carbocycles. The van der Waals surface area contributed by atoms with E-state index in [-0.39, 0.29) is 11.4 Å². The third-order valence-corrected chi connectivity index (χ3v) is 1.94. The largest absolute Gasteiger partial charge is 0.491 e. The van der Waals surface area contributed by atoms with Crippen LogP contribution in [0.2, 0.25) is 0 Å². The number of hydrogen-bond acceptors (Lipinski definition) is 3. The number of hydrogen-bond donors (Lipinski definition) is 2. The van der Waals surface area contributed by atoms with Crippen molar-refractivity contribution in [1.82, 2.24) is 0 Å². The second-order valence-corrected chi connectivity index (χ2v) is 3.24. The fourth-order valence-corrected chi connectivity index (χ4v) is 1.12. The molecule has 0 aliphatic carbocycles. The summed E-state index contributed by atoms with van der Waals surface area (Å²) in [5.41, 5.74) is 9.89. The van der Waals surface area contributed by atoms with Crippen molar-refractivity contribution in [3.63, 3.8) is 0 Å². The molecule has 6 heteroatoms. The van der Waals surface area contributed by atoms with Gasteiger partial charge in [0.05, 0.1) is 17.9 Å². The molecule has 0 fully saturated rings. The predicted molar refractivity (Wildman–Crippen MR) is 55.0 cm³/mol. The Hall–Kier alpha value is -1.43. The molecule has 0 aliphatic heterocycles. The minimum atomic E-state index is -4.39. The highest BCUT2D eigenvalue weighted by molar-refractivity contribution is 5.54. The monoisotopic (exact) mass is 234 g/mol. The van der Waals surface area contributed by atoms with Gasteiger partial charge in [0.25, 0.3) is 0 Å². The smallest absolute Gasteiger partial charge is 0.416 e. The molecule has 0 radical (unpaired) electrons. The first kappa shape index (κ1) is 12.6. The summed E-state index contributed by atoms with van der Waals surface area (Å²) in [4.78, 5) is 0. The quantitative estimate of drug-likeness (QED) is 0.618. The first-order valence-corrected chi connectivity index (χ1v) is 4.74. The van der Waals surface area contributed by atoms with Crippen LogP contribution < -0.4 is 16.2 Å². The second-order valence-electron chi connectivity index (χ2n) is 3.24. The second kappa shape index (κ2) is 5.07. The molecule has 1 aromatic rings. The summed E-state index contributed by atoms with van der Waals surface area (Å²) >= 11 is 0. The lowest BCUT2D eigenvalue weighted by Gasteiger charge is -2.11. The van der Waals surface area contributed by atoms with Crippen LogP contribution in [0.4, 0.5) is 18.9 Å². The molecule has 0 heterocycles. The molecule has 0 bridgehead atoms. The van der Waals surface area contributed by atoms with Crippen LogP contribution in [-0.4, -0.2) is 13.2 Å². The Morgan fingerprint density at radius 1 is 1.25 bits per heavy atom. The number of anilines is 1. The molecule has 0 amide bonds. The van der Waals surface area contributed by atoms with Gasteiger partial charge in [0.2, 0.25) is 0 Å². The zero-order valence-corrected chi connectivity index (χ0v) is 8.55. The molecule has 0 spiro atoms. The fraction of sp³-hybridized carbons (Fsp3) is 0.400. The molecule has 90 valence electrons. The van der Waals surface area contributed by atoms with Gasteiger partial charge in [0.1, 0.15) is 5.75 Å². The Bertz CT molecular complexity index is 352. The van der Waals surface area contributed by atoms with E-state index in [1.54, 1.807) is 0 Å². The summed E-state index contributed by atoms with van der Waals surface area (Å²) in [5.74, 6) is 0.251. The molecular weight excluding hydrogens is 221 g/mol. The van der Waals surface area contributed by atoms with E-state index in [4.69, 9.17) is 16.2 Å². The molecule has 16 heavy (non-hydrogen) atoms. The van der Waals surface area contributed by atoms with Crippen LogP contribution in [0, 0.1) is 0 Å². The number of nitrogens with two attached hydrogens (primary N) is 2. The molecule has 0 aliphatic rings. The summed E-state index contributed by atoms with van der Waals surface area (Å²) in [5, 5.41) is 0. The van der Waals surface area contributed by atoms with E-state index in [0.717, 1.165) is 12.1 Å². The number of alkyl halides is 3. The van der Waals surface area contributed by atoms with Crippen molar-refractivity contribution in [2.45, 2.75) is 12.6 Å². The topological polar surface area (TPSA) is 61.3 Å². The Kier molecular flexibility index (Phi) is 4.00. The van der Waals surface area contributed by atoms with Gasteiger partial charge in [0, 0.05) is 0 Å². The molecule has 4 N–H and O–H groups in total. The van der Waals surface area contributed by atoms with Crippen LogP contribution in [0.15, 0.2) is 18.2 Å². The van der Waals surface area contributed by atoms with Crippen molar-refractivity contribution in [2.75, 3.05) is 18.9 Å². The van der Waals surface area contributed by atoms with E-state index in [1.807, 2.05) is 0 Å². The van der Waals surface area contributed by atoms with Gasteiger partial charge in [-0.25, -0.2) is 0 Å². The third-order valence-electron chi connectivity index (χ3n) is 1.94. The van der Waals surface area contributed by atoms with Gasteiger partial charge in [-0.15, -0.1) is 0 Å². The van der Waals surface area contributed by atoms with Gasteiger partial charge in [-0.1, -0.05) is 0 Å². The molecule has 3 nitrogen and oxygen atoms in total. The maximum atomic E-state index is 12.3. The van der Waals surface area contributed by atoms with Gasteiger partial charge in [-0.05, 0) is 31.2 Å². The van der Waals surface area contributed by atoms with Crippen LogP contribution in [0.1, 0.15) is 12.0 Å². The Balaban J connectivity index is 2.76. The molecule has 1 rings (SSSR count). The van der Waals surface area contributed by atoms with E-state index < -0.39 is 11.7 Å². The molecule has 0 saturated carbocycles. The van der Waals surface area contributed by atoms with Crippen LogP contribution in [-0.2, 0) is 6.18 Å². The number of benzene rings is 1. The standard InChI is InChI=1S/C10H13F3N2O/c11-10(12,13)7-2-3-9(8(15)6-7)16-5-1-4-14/h2-3,6H,1,4-5,14-15H2. The van der Waals surface area contributed by atoms with Crippen molar-refractivity contribution < 1.29 is 17.9 Å². The Morgan fingerprint density at radius 2 is 1.94 bits per heavy atom. The maximum Gasteiger partial charge on any atom is 0.416 e. The Labute approximate surface area is 91.2 Å². The van der Waals surface area contributed by atoms with E-state index >= 15 is 0 Å². The summed E-state index contributed by atoms with van der Waals surface area (Å²) < 4.78 is 42.1. The SMILES string of the molecule is NCCCOc1ccc(C(F)(F)F)cc1N. The van der Waals surface area contributed by atoms with Crippen molar-refractivity contribution in [3.8, 4) is 5.75 Å². The van der Waals surface area contributed by atoms with Crippen molar-refractivity contribution in [1.29, 1.82) is 0 Å². The first-order chi connectivity index (χ1) is 7.45. The lowest BCUT2D eigenvalue weighted by atomic mass is 10.2. The van der Waals surface area contributed by atoms with Gasteiger partial charge >= 0.3 is 6.18 Å².